The molecule has 2 aliphatic heterocycles. The van der Waals surface area contributed by atoms with Crippen LogP contribution >= 0.6 is 24.0 Å². The van der Waals surface area contributed by atoms with Crippen molar-refractivity contribution < 1.29 is 9.26 Å². The van der Waals surface area contributed by atoms with Gasteiger partial charge in [-0.3, -0.25) is 9.89 Å². The van der Waals surface area contributed by atoms with E-state index >= 15 is 0 Å². The number of rotatable bonds is 5. The predicted molar refractivity (Wildman–Crippen MR) is 104 cm³/mol. The van der Waals surface area contributed by atoms with Crippen LogP contribution in [0, 0.1) is 5.92 Å². The third-order valence-electron chi connectivity index (χ3n) is 4.41. The molecule has 0 aromatic carbocycles. The van der Waals surface area contributed by atoms with Crippen LogP contribution < -0.4 is 5.32 Å². The van der Waals surface area contributed by atoms with Crippen LogP contribution in [0.2, 0.25) is 0 Å². The Labute approximate surface area is 160 Å². The van der Waals surface area contributed by atoms with E-state index in [0.29, 0.717) is 5.92 Å². The number of halogens is 1. The predicted octanol–water partition coefficient (Wildman–Crippen LogP) is 1.41. The Bertz CT molecular complexity index is 483. The highest BCUT2D eigenvalue weighted by atomic mass is 127. The monoisotopic (exact) mass is 449 g/mol. The van der Waals surface area contributed by atoms with Gasteiger partial charge in [0.1, 0.15) is 6.26 Å². The highest BCUT2D eigenvalue weighted by Crippen LogP contribution is 2.13. The minimum Gasteiger partial charge on any atom is -0.381 e. The molecule has 1 aromatic heterocycles. The lowest BCUT2D eigenvalue weighted by Crippen LogP contribution is -2.52. The molecule has 3 heterocycles. The van der Waals surface area contributed by atoms with E-state index in [2.05, 4.69) is 27.2 Å². The maximum absolute atomic E-state index is 5.44. The number of hydrogen-bond donors (Lipinski definition) is 1. The average Bonchev–Trinajstić information content (AvgIpc) is 3.26. The van der Waals surface area contributed by atoms with Crippen molar-refractivity contribution in [2.45, 2.75) is 19.9 Å². The largest absolute Gasteiger partial charge is 0.381 e. The summed E-state index contributed by atoms with van der Waals surface area (Å²) < 4.78 is 10.3. The topological polar surface area (TPSA) is 66.1 Å². The van der Waals surface area contributed by atoms with Crippen molar-refractivity contribution in [3.8, 4) is 0 Å². The van der Waals surface area contributed by atoms with Gasteiger partial charge in [0.05, 0.1) is 12.3 Å². The molecule has 1 unspecified atom stereocenters. The summed E-state index contributed by atoms with van der Waals surface area (Å²) in [5, 5.41) is 7.42. The van der Waals surface area contributed by atoms with Crippen molar-refractivity contribution in [1.29, 1.82) is 0 Å². The zero-order valence-corrected chi connectivity index (χ0v) is 16.6. The lowest BCUT2D eigenvalue weighted by atomic mass is 10.1. The van der Waals surface area contributed by atoms with E-state index in [4.69, 9.17) is 14.3 Å². The zero-order valence-electron chi connectivity index (χ0n) is 14.3. The number of nitrogens with one attached hydrogen (secondary N) is 1. The molecule has 2 saturated heterocycles. The van der Waals surface area contributed by atoms with Crippen molar-refractivity contribution in [2.24, 2.45) is 10.9 Å². The maximum Gasteiger partial charge on any atom is 0.194 e. The Morgan fingerprint density at radius 2 is 2.21 bits per heavy atom. The average molecular weight is 449 g/mol. The molecule has 24 heavy (non-hydrogen) atoms. The Morgan fingerprint density at radius 3 is 2.83 bits per heavy atom. The first kappa shape index (κ1) is 19.5. The van der Waals surface area contributed by atoms with Crippen LogP contribution in [0.1, 0.15) is 19.0 Å². The summed E-state index contributed by atoms with van der Waals surface area (Å²) in [5.41, 5.74) is 1.00. The first-order chi connectivity index (χ1) is 11.3. The first-order valence-electron chi connectivity index (χ1n) is 8.57. The molecule has 1 atom stereocenters. The molecule has 0 aliphatic carbocycles. The SMILES string of the molecule is CCNC(=NCC1CCOC1)N1CCN(Cc2ccon2)CC1.I. The second kappa shape index (κ2) is 10.2. The third kappa shape index (κ3) is 5.59. The molecule has 1 aromatic rings. The van der Waals surface area contributed by atoms with Gasteiger partial charge in [-0.25, -0.2) is 0 Å². The molecule has 0 spiro atoms. The van der Waals surface area contributed by atoms with E-state index in [1.807, 2.05) is 6.07 Å². The molecular formula is C16H28IN5O2. The summed E-state index contributed by atoms with van der Waals surface area (Å²) in [6.45, 7) is 10.5. The lowest BCUT2D eigenvalue weighted by Gasteiger charge is -2.36. The number of nitrogens with zero attached hydrogens (tertiary/aromatic N) is 4. The van der Waals surface area contributed by atoms with Crippen LogP contribution in [-0.4, -0.2) is 73.4 Å². The van der Waals surface area contributed by atoms with Crippen molar-refractivity contribution >= 4 is 29.9 Å². The van der Waals surface area contributed by atoms with Crippen molar-refractivity contribution in [3.05, 3.63) is 18.0 Å². The number of aliphatic imine (C=N–C) groups is 1. The Hall–Kier alpha value is -0.870. The van der Waals surface area contributed by atoms with Gasteiger partial charge < -0.3 is 19.5 Å². The molecule has 1 N–H and O–H groups in total. The van der Waals surface area contributed by atoms with Gasteiger partial charge in [0.2, 0.25) is 0 Å². The highest BCUT2D eigenvalue weighted by Gasteiger charge is 2.21. The summed E-state index contributed by atoms with van der Waals surface area (Å²) in [7, 11) is 0. The van der Waals surface area contributed by atoms with Crippen LogP contribution in [0.25, 0.3) is 0 Å². The van der Waals surface area contributed by atoms with Crippen LogP contribution in [-0.2, 0) is 11.3 Å². The molecule has 2 fully saturated rings. The highest BCUT2D eigenvalue weighted by molar-refractivity contribution is 14.0. The lowest BCUT2D eigenvalue weighted by molar-refractivity contribution is 0.168. The van der Waals surface area contributed by atoms with Crippen molar-refractivity contribution in [1.82, 2.24) is 20.3 Å². The molecule has 7 nitrogen and oxygen atoms in total. The van der Waals surface area contributed by atoms with Crippen LogP contribution in [0.5, 0.6) is 0 Å². The van der Waals surface area contributed by atoms with Gasteiger partial charge in [0, 0.05) is 64.4 Å². The molecule has 0 bridgehead atoms. The van der Waals surface area contributed by atoms with Gasteiger partial charge in [0.25, 0.3) is 0 Å². The van der Waals surface area contributed by atoms with Crippen LogP contribution in [0.15, 0.2) is 21.8 Å². The Kier molecular flexibility index (Phi) is 8.26. The normalized spacial score (nSPS) is 22.5. The van der Waals surface area contributed by atoms with Gasteiger partial charge in [-0.1, -0.05) is 5.16 Å². The third-order valence-corrected chi connectivity index (χ3v) is 4.41. The summed E-state index contributed by atoms with van der Waals surface area (Å²) in [5.74, 6) is 1.62. The van der Waals surface area contributed by atoms with Gasteiger partial charge in [-0.15, -0.1) is 24.0 Å². The van der Waals surface area contributed by atoms with Gasteiger partial charge in [-0.2, -0.15) is 0 Å². The number of aromatic nitrogens is 1. The van der Waals surface area contributed by atoms with E-state index in [-0.39, 0.29) is 24.0 Å². The maximum atomic E-state index is 5.44. The number of piperazine rings is 1. The van der Waals surface area contributed by atoms with Gasteiger partial charge in [0.15, 0.2) is 5.96 Å². The minimum absolute atomic E-state index is 0. The summed E-state index contributed by atoms with van der Waals surface area (Å²) in [4.78, 5) is 9.59. The second-order valence-electron chi connectivity index (χ2n) is 6.18. The molecule has 0 saturated carbocycles. The first-order valence-corrected chi connectivity index (χ1v) is 8.57. The molecule has 8 heteroatoms. The number of guanidine groups is 1. The van der Waals surface area contributed by atoms with Gasteiger partial charge in [-0.05, 0) is 13.3 Å². The van der Waals surface area contributed by atoms with E-state index in [1.165, 1.54) is 0 Å². The fraction of sp³-hybridized carbons (Fsp3) is 0.750. The summed E-state index contributed by atoms with van der Waals surface area (Å²) in [6.07, 6.45) is 2.77. The fourth-order valence-electron chi connectivity index (χ4n) is 3.03. The van der Waals surface area contributed by atoms with Crippen molar-refractivity contribution in [3.63, 3.8) is 0 Å². The van der Waals surface area contributed by atoms with E-state index in [9.17, 15) is 0 Å². The zero-order chi connectivity index (χ0) is 15.9. The summed E-state index contributed by atoms with van der Waals surface area (Å²) >= 11 is 0. The van der Waals surface area contributed by atoms with E-state index < -0.39 is 0 Å². The van der Waals surface area contributed by atoms with Crippen molar-refractivity contribution in [2.75, 3.05) is 52.5 Å². The van der Waals surface area contributed by atoms with Crippen LogP contribution in [0.3, 0.4) is 0 Å². The molecule has 2 aliphatic rings. The van der Waals surface area contributed by atoms with E-state index in [0.717, 1.165) is 77.1 Å². The number of hydrogen-bond acceptors (Lipinski definition) is 5. The molecule has 0 amide bonds. The van der Waals surface area contributed by atoms with Crippen LogP contribution in [0.4, 0.5) is 0 Å². The molecule has 0 radical (unpaired) electrons. The Morgan fingerprint density at radius 1 is 1.38 bits per heavy atom. The summed E-state index contributed by atoms with van der Waals surface area (Å²) in [6, 6.07) is 1.93. The molecular weight excluding hydrogens is 421 g/mol. The molecule has 136 valence electrons. The van der Waals surface area contributed by atoms with E-state index in [1.54, 1.807) is 6.26 Å². The Balaban J connectivity index is 0.00000208. The van der Waals surface area contributed by atoms with Gasteiger partial charge >= 0.3 is 0 Å². The fourth-order valence-corrected chi connectivity index (χ4v) is 3.03. The number of ether oxygens (including phenoxy) is 1. The smallest absolute Gasteiger partial charge is 0.194 e. The second-order valence-corrected chi connectivity index (χ2v) is 6.18. The minimum atomic E-state index is 0. The quantitative estimate of drug-likeness (QED) is 0.417. The standard InChI is InChI=1S/C16H27N5O2.HI/c1-2-17-16(18-11-14-3-9-22-13-14)21-7-5-20(6-8-21)12-15-4-10-23-19-15;/h4,10,14H,2-3,5-9,11-13H2,1H3,(H,17,18);1H. The molecule has 3 rings (SSSR count).